The maximum atomic E-state index is 13.7. The highest BCUT2D eigenvalue weighted by atomic mass is 32.2. The van der Waals surface area contributed by atoms with Crippen LogP contribution in [0.3, 0.4) is 0 Å². The average Bonchev–Trinajstić information content (AvgIpc) is 2.63. The Morgan fingerprint density at radius 1 is 1.31 bits per heavy atom. The van der Waals surface area contributed by atoms with Crippen LogP contribution >= 0.6 is 12.3 Å². The summed E-state index contributed by atoms with van der Waals surface area (Å²) < 4.78 is 61.0. The molecule has 12 heteroatoms. The Morgan fingerprint density at radius 2 is 2.00 bits per heavy atom. The summed E-state index contributed by atoms with van der Waals surface area (Å²) in [4.78, 5) is 10.0. The zero-order chi connectivity index (χ0) is 21.0. The van der Waals surface area contributed by atoms with E-state index in [4.69, 9.17) is 10.5 Å². The highest BCUT2D eigenvalue weighted by Crippen LogP contribution is 2.34. The molecule has 2 heterocycles. The molecule has 0 radical (unpaired) electrons. The van der Waals surface area contributed by atoms with E-state index in [9.17, 15) is 17.1 Å². The van der Waals surface area contributed by atoms with Gasteiger partial charge in [0.1, 0.15) is 18.1 Å². The zero-order valence-corrected chi connectivity index (χ0v) is 15.8. The fraction of sp³-hybridized carbons (Fsp3) is 0.294. The molecule has 0 bridgehead atoms. The lowest BCUT2D eigenvalue weighted by molar-refractivity contribution is -0.274. The minimum atomic E-state index is -4.80. The molecule has 1 aliphatic heterocycles. The van der Waals surface area contributed by atoms with Gasteiger partial charge in [0, 0.05) is 0 Å². The van der Waals surface area contributed by atoms with Crippen molar-refractivity contribution in [1.82, 2.24) is 4.98 Å². The van der Waals surface area contributed by atoms with Gasteiger partial charge in [0.15, 0.2) is 18.2 Å². The van der Waals surface area contributed by atoms with E-state index in [1.54, 1.807) is 11.0 Å². The van der Waals surface area contributed by atoms with Crippen molar-refractivity contribution in [2.75, 3.05) is 34.8 Å². The van der Waals surface area contributed by atoms with Crippen LogP contribution < -0.4 is 19.7 Å². The summed E-state index contributed by atoms with van der Waals surface area (Å²) in [7, 11) is 0. The summed E-state index contributed by atoms with van der Waals surface area (Å²) in [5.41, 5.74) is 6.90. The second-order valence-corrected chi connectivity index (χ2v) is 6.64. The SMILES string of the molecule is C=Nc1cc(N)cnc1N(CN(SF)c1ccc(OC(F)(F)F)cc1)C1COC1. The number of alkyl halides is 3. The molecule has 0 spiro atoms. The largest absolute Gasteiger partial charge is 0.573 e. The normalized spacial score (nSPS) is 14.2. The zero-order valence-electron chi connectivity index (χ0n) is 15.0. The van der Waals surface area contributed by atoms with Crippen molar-refractivity contribution in [2.45, 2.75) is 12.4 Å². The lowest BCUT2D eigenvalue weighted by atomic mass is 10.2. The van der Waals surface area contributed by atoms with E-state index < -0.39 is 12.1 Å². The lowest BCUT2D eigenvalue weighted by Crippen LogP contribution is -2.52. The van der Waals surface area contributed by atoms with E-state index in [1.165, 1.54) is 22.6 Å². The molecule has 156 valence electrons. The van der Waals surface area contributed by atoms with Crippen molar-refractivity contribution >= 4 is 41.9 Å². The summed E-state index contributed by atoms with van der Waals surface area (Å²) in [6, 6.07) is 6.38. The number of hydrogen-bond donors (Lipinski definition) is 1. The van der Waals surface area contributed by atoms with Gasteiger partial charge in [-0.25, -0.2) is 4.98 Å². The number of nitrogens with two attached hydrogens (primary N) is 1. The van der Waals surface area contributed by atoms with Gasteiger partial charge in [0.2, 0.25) is 0 Å². The summed E-state index contributed by atoms with van der Waals surface area (Å²) in [6.45, 7) is 4.35. The molecule has 0 saturated carbocycles. The molecule has 0 unspecified atom stereocenters. The molecule has 0 aliphatic carbocycles. The fourth-order valence-corrected chi connectivity index (χ4v) is 3.02. The van der Waals surface area contributed by atoms with Gasteiger partial charge in [-0.05, 0) is 37.0 Å². The number of ether oxygens (including phenoxy) is 2. The molecule has 0 amide bonds. The van der Waals surface area contributed by atoms with Crippen LogP contribution in [0.4, 0.5) is 39.9 Å². The quantitative estimate of drug-likeness (QED) is 0.292. The molecule has 0 atom stereocenters. The number of benzene rings is 1. The van der Waals surface area contributed by atoms with E-state index in [2.05, 4.69) is 21.4 Å². The van der Waals surface area contributed by atoms with E-state index in [0.717, 1.165) is 12.1 Å². The minimum Gasteiger partial charge on any atom is -0.406 e. The molecular formula is C17H17F4N5O2S. The van der Waals surface area contributed by atoms with Crippen molar-refractivity contribution in [2.24, 2.45) is 4.99 Å². The number of nitrogens with zero attached hydrogens (tertiary/aromatic N) is 4. The smallest absolute Gasteiger partial charge is 0.406 e. The Balaban J connectivity index is 1.83. The van der Waals surface area contributed by atoms with Gasteiger partial charge in [0.05, 0.1) is 36.8 Å². The molecule has 3 rings (SSSR count). The summed E-state index contributed by atoms with van der Waals surface area (Å²) in [5, 5.41) is 0. The molecule has 2 aromatic rings. The number of rotatable bonds is 8. The Labute approximate surface area is 168 Å². The summed E-state index contributed by atoms with van der Waals surface area (Å²) in [5.74, 6) is 0.0474. The summed E-state index contributed by atoms with van der Waals surface area (Å²) >= 11 is -0.0773. The standard InChI is InChI=1S/C17H17F4N5O2S/c1-23-15-6-11(22)7-24-16(15)25(13-8-27-9-13)10-26(29-21)12-2-4-14(5-3-12)28-17(18,19)20/h2-7,13H,1,8-10,22H2. The number of aliphatic imine (C=N–C) groups is 1. The highest BCUT2D eigenvalue weighted by molar-refractivity contribution is 7.95. The topological polar surface area (TPSA) is 76.2 Å². The van der Waals surface area contributed by atoms with Gasteiger partial charge in [-0.15, -0.1) is 17.1 Å². The summed E-state index contributed by atoms with van der Waals surface area (Å²) in [6.07, 6.45) is -3.35. The molecule has 2 N–H and O–H groups in total. The van der Waals surface area contributed by atoms with Gasteiger partial charge in [-0.2, -0.15) is 0 Å². The van der Waals surface area contributed by atoms with Gasteiger partial charge < -0.3 is 20.1 Å². The van der Waals surface area contributed by atoms with Crippen LogP contribution in [-0.4, -0.2) is 44.0 Å². The molecule has 1 aliphatic rings. The number of pyridine rings is 1. The number of anilines is 3. The van der Waals surface area contributed by atoms with Crippen LogP contribution in [0.5, 0.6) is 5.75 Å². The van der Waals surface area contributed by atoms with Gasteiger partial charge in [-0.3, -0.25) is 9.30 Å². The third kappa shape index (κ3) is 5.21. The number of hydrogen-bond acceptors (Lipinski definition) is 8. The average molecular weight is 431 g/mol. The van der Waals surface area contributed by atoms with Crippen molar-refractivity contribution < 1.29 is 26.5 Å². The van der Waals surface area contributed by atoms with Crippen LogP contribution in [0.25, 0.3) is 0 Å². The monoisotopic (exact) mass is 431 g/mol. The third-order valence-corrected chi connectivity index (χ3v) is 4.59. The van der Waals surface area contributed by atoms with Crippen LogP contribution in [0.2, 0.25) is 0 Å². The van der Waals surface area contributed by atoms with Crippen LogP contribution in [0.15, 0.2) is 41.5 Å². The van der Waals surface area contributed by atoms with Crippen molar-refractivity contribution in [3.05, 3.63) is 36.5 Å². The highest BCUT2D eigenvalue weighted by Gasteiger charge is 2.32. The fourth-order valence-electron chi connectivity index (χ4n) is 2.65. The van der Waals surface area contributed by atoms with E-state index in [1.807, 2.05) is 0 Å². The Hall–Kier alpha value is -2.73. The van der Waals surface area contributed by atoms with E-state index in [-0.39, 0.29) is 25.0 Å². The van der Waals surface area contributed by atoms with E-state index >= 15 is 0 Å². The molecule has 1 aromatic heterocycles. The van der Waals surface area contributed by atoms with Crippen molar-refractivity contribution in [3.63, 3.8) is 0 Å². The molecule has 1 saturated heterocycles. The molecular weight excluding hydrogens is 414 g/mol. The molecule has 7 nitrogen and oxygen atoms in total. The number of aromatic nitrogens is 1. The van der Waals surface area contributed by atoms with Crippen LogP contribution in [0.1, 0.15) is 0 Å². The molecule has 1 fully saturated rings. The third-order valence-electron chi connectivity index (χ3n) is 4.09. The van der Waals surface area contributed by atoms with Crippen molar-refractivity contribution in [3.8, 4) is 5.75 Å². The Bertz CT molecular complexity index is 849. The lowest BCUT2D eigenvalue weighted by Gasteiger charge is -2.40. The first-order valence-corrected chi connectivity index (χ1v) is 8.97. The van der Waals surface area contributed by atoms with Crippen molar-refractivity contribution in [1.29, 1.82) is 0 Å². The van der Waals surface area contributed by atoms with Gasteiger partial charge in [0.25, 0.3) is 0 Å². The van der Waals surface area contributed by atoms with Crippen LogP contribution in [0, 0.1) is 0 Å². The Morgan fingerprint density at radius 3 is 2.52 bits per heavy atom. The van der Waals surface area contributed by atoms with Gasteiger partial charge in [-0.1, -0.05) is 0 Å². The second-order valence-electron chi connectivity index (χ2n) is 6.06. The first-order valence-electron chi connectivity index (χ1n) is 8.29. The predicted molar refractivity (Wildman–Crippen MR) is 104 cm³/mol. The van der Waals surface area contributed by atoms with Crippen LogP contribution in [-0.2, 0) is 4.74 Å². The number of halogens is 4. The molecule has 1 aromatic carbocycles. The Kier molecular flexibility index (Phi) is 6.33. The van der Waals surface area contributed by atoms with Gasteiger partial charge >= 0.3 is 6.36 Å². The second kappa shape index (κ2) is 8.74. The first-order chi connectivity index (χ1) is 13.8. The maximum Gasteiger partial charge on any atom is 0.573 e. The predicted octanol–water partition coefficient (Wildman–Crippen LogP) is 4.10. The molecule has 29 heavy (non-hydrogen) atoms. The number of nitrogen functional groups attached to an aromatic ring is 1. The maximum absolute atomic E-state index is 13.7. The minimum absolute atomic E-state index is 0.0219. The van der Waals surface area contributed by atoms with E-state index in [0.29, 0.717) is 36.1 Å². The first kappa shape index (κ1) is 21.0.